The first-order chi connectivity index (χ1) is 8.78. The number of aliphatic hydroxyl groups excluding tert-OH is 1. The van der Waals surface area contributed by atoms with Crippen molar-refractivity contribution in [3.8, 4) is 0 Å². The minimum atomic E-state index is 0.202. The number of aliphatic hydroxyl groups is 1. The van der Waals surface area contributed by atoms with E-state index in [2.05, 4.69) is 4.90 Å². The van der Waals surface area contributed by atoms with Gasteiger partial charge in [0.25, 0.3) is 0 Å². The number of likely N-dealkylation sites (tertiary alicyclic amines) is 1. The van der Waals surface area contributed by atoms with Gasteiger partial charge in [-0.3, -0.25) is 0 Å². The van der Waals surface area contributed by atoms with E-state index < -0.39 is 0 Å². The topological polar surface area (TPSA) is 32.7 Å². The number of methoxy groups -OCH3 is 1. The summed E-state index contributed by atoms with van der Waals surface area (Å²) in [6, 6.07) is 0. The van der Waals surface area contributed by atoms with Crippen molar-refractivity contribution in [1.82, 2.24) is 4.90 Å². The molecule has 1 heterocycles. The van der Waals surface area contributed by atoms with E-state index in [1.54, 1.807) is 7.11 Å². The summed E-state index contributed by atoms with van der Waals surface area (Å²) >= 11 is 0. The van der Waals surface area contributed by atoms with E-state index in [4.69, 9.17) is 4.74 Å². The molecule has 0 radical (unpaired) electrons. The van der Waals surface area contributed by atoms with Crippen molar-refractivity contribution < 1.29 is 9.84 Å². The number of rotatable bonds is 5. The average molecular weight is 255 g/mol. The van der Waals surface area contributed by atoms with Crippen LogP contribution in [0.5, 0.6) is 0 Å². The lowest BCUT2D eigenvalue weighted by atomic mass is 9.74. The molecule has 3 nitrogen and oxygen atoms in total. The van der Waals surface area contributed by atoms with Gasteiger partial charge >= 0.3 is 0 Å². The second kappa shape index (κ2) is 6.88. The summed E-state index contributed by atoms with van der Waals surface area (Å²) < 4.78 is 5.30. The van der Waals surface area contributed by atoms with Crippen LogP contribution in [0.4, 0.5) is 0 Å². The highest BCUT2D eigenvalue weighted by Crippen LogP contribution is 2.37. The Morgan fingerprint density at radius 3 is 2.67 bits per heavy atom. The van der Waals surface area contributed by atoms with Crippen LogP contribution in [0.2, 0.25) is 0 Å². The van der Waals surface area contributed by atoms with Gasteiger partial charge in [0.15, 0.2) is 0 Å². The lowest BCUT2D eigenvalue weighted by molar-refractivity contribution is 0.0153. The molecule has 2 rings (SSSR count). The Labute approximate surface area is 112 Å². The van der Waals surface area contributed by atoms with Crippen LogP contribution in [0.15, 0.2) is 0 Å². The molecule has 0 spiro atoms. The molecule has 1 unspecified atom stereocenters. The van der Waals surface area contributed by atoms with E-state index in [9.17, 15) is 5.11 Å². The first-order valence-corrected chi connectivity index (χ1v) is 7.60. The molecule has 1 aliphatic heterocycles. The molecule has 18 heavy (non-hydrogen) atoms. The molecule has 0 amide bonds. The van der Waals surface area contributed by atoms with E-state index in [1.807, 2.05) is 0 Å². The largest absolute Gasteiger partial charge is 0.396 e. The van der Waals surface area contributed by atoms with E-state index in [1.165, 1.54) is 51.5 Å². The Balaban J connectivity index is 1.86. The fraction of sp³-hybridized carbons (Fsp3) is 1.00. The van der Waals surface area contributed by atoms with Crippen molar-refractivity contribution in [3.63, 3.8) is 0 Å². The first-order valence-electron chi connectivity index (χ1n) is 7.60. The zero-order valence-electron chi connectivity index (χ0n) is 11.9. The van der Waals surface area contributed by atoms with Crippen LogP contribution >= 0.6 is 0 Å². The summed E-state index contributed by atoms with van der Waals surface area (Å²) in [5, 5.41) is 9.79. The van der Waals surface area contributed by atoms with Crippen LogP contribution in [0, 0.1) is 11.3 Å². The Morgan fingerprint density at radius 2 is 2.00 bits per heavy atom. The maximum atomic E-state index is 9.79. The quantitative estimate of drug-likeness (QED) is 0.818. The molecule has 2 fully saturated rings. The number of hydrogen-bond acceptors (Lipinski definition) is 3. The van der Waals surface area contributed by atoms with Crippen LogP contribution in [0.1, 0.15) is 44.9 Å². The van der Waals surface area contributed by atoms with E-state index in [0.717, 1.165) is 19.7 Å². The molecule has 0 aromatic carbocycles. The monoisotopic (exact) mass is 255 g/mol. The minimum Gasteiger partial charge on any atom is -0.396 e. The van der Waals surface area contributed by atoms with Crippen molar-refractivity contribution in [2.75, 3.05) is 40.0 Å². The number of hydrogen-bond donors (Lipinski definition) is 1. The highest BCUT2D eigenvalue weighted by Gasteiger charge is 2.34. The molecule has 1 N–H and O–H groups in total. The van der Waals surface area contributed by atoms with Gasteiger partial charge in [0.2, 0.25) is 0 Å². The van der Waals surface area contributed by atoms with Gasteiger partial charge in [-0.25, -0.2) is 0 Å². The zero-order valence-corrected chi connectivity index (χ0v) is 11.9. The van der Waals surface area contributed by atoms with Crippen molar-refractivity contribution in [2.24, 2.45) is 11.3 Å². The van der Waals surface area contributed by atoms with E-state index >= 15 is 0 Å². The molecule has 3 heteroatoms. The van der Waals surface area contributed by atoms with Crippen LogP contribution in [-0.4, -0.2) is 50.0 Å². The molecule has 106 valence electrons. The fourth-order valence-electron chi connectivity index (χ4n) is 3.81. The SMILES string of the molecule is COCC1CCCN(CC2(CO)CCCCC2)C1. The Morgan fingerprint density at radius 1 is 1.22 bits per heavy atom. The number of ether oxygens (including phenoxy) is 1. The fourth-order valence-corrected chi connectivity index (χ4v) is 3.81. The third-order valence-electron chi connectivity index (χ3n) is 4.81. The second-order valence-corrected chi connectivity index (χ2v) is 6.42. The van der Waals surface area contributed by atoms with Crippen molar-refractivity contribution in [3.05, 3.63) is 0 Å². The summed E-state index contributed by atoms with van der Waals surface area (Å²) in [6.45, 7) is 4.74. The number of piperidine rings is 1. The molecule has 0 bridgehead atoms. The first kappa shape index (κ1) is 14.3. The van der Waals surface area contributed by atoms with Crippen LogP contribution in [-0.2, 0) is 4.74 Å². The molecule has 0 aromatic rings. The Hall–Kier alpha value is -0.120. The summed E-state index contributed by atoms with van der Waals surface area (Å²) in [5.41, 5.74) is 0.202. The highest BCUT2D eigenvalue weighted by atomic mass is 16.5. The molecule has 2 aliphatic rings. The zero-order chi connectivity index (χ0) is 12.8. The standard InChI is InChI=1S/C15H29NO2/c1-18-11-14-6-5-9-16(10-14)12-15(13-17)7-3-2-4-8-15/h14,17H,2-13H2,1H3. The van der Waals surface area contributed by atoms with Crippen molar-refractivity contribution in [2.45, 2.75) is 44.9 Å². The summed E-state index contributed by atoms with van der Waals surface area (Å²) in [7, 11) is 1.80. The molecular weight excluding hydrogens is 226 g/mol. The van der Waals surface area contributed by atoms with Gasteiger partial charge < -0.3 is 14.7 Å². The lowest BCUT2D eigenvalue weighted by Crippen LogP contribution is -2.46. The Bertz CT molecular complexity index is 237. The second-order valence-electron chi connectivity index (χ2n) is 6.42. The molecule has 1 atom stereocenters. The normalized spacial score (nSPS) is 29.3. The third-order valence-corrected chi connectivity index (χ3v) is 4.81. The third kappa shape index (κ3) is 3.69. The highest BCUT2D eigenvalue weighted by molar-refractivity contribution is 4.87. The molecule has 1 saturated carbocycles. The summed E-state index contributed by atoms with van der Waals surface area (Å²) in [4.78, 5) is 2.58. The summed E-state index contributed by atoms with van der Waals surface area (Å²) in [5.74, 6) is 0.697. The smallest absolute Gasteiger partial charge is 0.0502 e. The van der Waals surface area contributed by atoms with Gasteiger partial charge in [-0.1, -0.05) is 19.3 Å². The maximum Gasteiger partial charge on any atom is 0.0502 e. The van der Waals surface area contributed by atoms with Crippen LogP contribution in [0.3, 0.4) is 0 Å². The predicted octanol–water partition coefficient (Wildman–Crippen LogP) is 2.29. The van der Waals surface area contributed by atoms with Gasteiger partial charge in [0.05, 0.1) is 6.61 Å². The van der Waals surface area contributed by atoms with Crippen LogP contribution in [0.25, 0.3) is 0 Å². The van der Waals surface area contributed by atoms with Crippen molar-refractivity contribution >= 4 is 0 Å². The number of nitrogens with zero attached hydrogens (tertiary/aromatic N) is 1. The van der Waals surface area contributed by atoms with Gasteiger partial charge in [0, 0.05) is 32.2 Å². The molecule has 0 aromatic heterocycles. The summed E-state index contributed by atoms with van der Waals surface area (Å²) in [6.07, 6.45) is 8.98. The average Bonchev–Trinajstić information content (AvgIpc) is 2.41. The Kier molecular flexibility index (Phi) is 5.46. The van der Waals surface area contributed by atoms with Gasteiger partial charge in [-0.05, 0) is 38.1 Å². The van der Waals surface area contributed by atoms with Gasteiger partial charge in [0.1, 0.15) is 0 Å². The molecule has 1 saturated heterocycles. The predicted molar refractivity (Wildman–Crippen MR) is 73.6 cm³/mol. The van der Waals surface area contributed by atoms with Crippen molar-refractivity contribution in [1.29, 1.82) is 0 Å². The van der Waals surface area contributed by atoms with E-state index in [0.29, 0.717) is 12.5 Å². The molecular formula is C15H29NO2. The van der Waals surface area contributed by atoms with Gasteiger partial charge in [-0.2, -0.15) is 0 Å². The lowest BCUT2D eigenvalue weighted by Gasteiger charge is -2.42. The van der Waals surface area contributed by atoms with Gasteiger partial charge in [-0.15, -0.1) is 0 Å². The van der Waals surface area contributed by atoms with E-state index in [-0.39, 0.29) is 5.41 Å². The van der Waals surface area contributed by atoms with Crippen LogP contribution < -0.4 is 0 Å². The molecule has 1 aliphatic carbocycles. The minimum absolute atomic E-state index is 0.202. The maximum absolute atomic E-state index is 9.79.